The van der Waals surface area contributed by atoms with Crippen LogP contribution >= 0.6 is 0 Å². The number of carbonyl (C=O) groups is 1. The van der Waals surface area contributed by atoms with Crippen LogP contribution in [0.4, 0.5) is 24.9 Å². The first-order valence-corrected chi connectivity index (χ1v) is 9.13. The molecule has 1 aromatic rings. The molecule has 1 amide bonds. The fourth-order valence-electron chi connectivity index (χ4n) is 3.13. The predicted octanol–water partition coefficient (Wildman–Crippen LogP) is 4.22. The van der Waals surface area contributed by atoms with Gasteiger partial charge < -0.3 is 16.4 Å². The number of hydrogen-bond donors (Lipinski definition) is 3. The first-order valence-electron chi connectivity index (χ1n) is 9.13. The summed E-state index contributed by atoms with van der Waals surface area (Å²) in [6.45, 7) is 5.75. The molecule has 150 valence electrons. The van der Waals surface area contributed by atoms with Crippen molar-refractivity contribution in [2.45, 2.75) is 64.1 Å². The molecule has 1 heterocycles. The van der Waals surface area contributed by atoms with Gasteiger partial charge in [-0.1, -0.05) is 13.5 Å². The van der Waals surface area contributed by atoms with Gasteiger partial charge in [0.2, 0.25) is 5.95 Å². The molecule has 6 nitrogen and oxygen atoms in total. The number of carbonyl (C=O) groups excluding carboxylic acids is 1. The lowest BCUT2D eigenvalue weighted by Gasteiger charge is -2.29. The normalized spacial score (nSPS) is 20.1. The van der Waals surface area contributed by atoms with Gasteiger partial charge in [-0.25, -0.2) is 4.98 Å². The van der Waals surface area contributed by atoms with Crippen molar-refractivity contribution >= 4 is 17.7 Å². The number of nitrogens with zero attached hydrogens (tertiary/aromatic N) is 2. The SMILES string of the molecule is C=C(CC)Nc1nc(NC2CCC(CCC(F)(F)F)CC2)ncc1C(N)=O. The Labute approximate surface area is 156 Å². The molecule has 0 aliphatic heterocycles. The van der Waals surface area contributed by atoms with Crippen LogP contribution in [-0.4, -0.2) is 28.1 Å². The molecule has 9 heteroatoms. The monoisotopic (exact) mass is 385 g/mol. The van der Waals surface area contributed by atoms with Gasteiger partial charge in [-0.3, -0.25) is 4.79 Å². The minimum Gasteiger partial charge on any atom is -0.365 e. The molecule has 0 bridgehead atoms. The van der Waals surface area contributed by atoms with Crippen LogP contribution in [0, 0.1) is 5.92 Å². The maximum atomic E-state index is 12.3. The summed E-state index contributed by atoms with van der Waals surface area (Å²) >= 11 is 0. The fourth-order valence-corrected chi connectivity index (χ4v) is 3.13. The summed E-state index contributed by atoms with van der Waals surface area (Å²) < 4.78 is 37.0. The van der Waals surface area contributed by atoms with Crippen molar-refractivity contribution in [3.05, 3.63) is 24.0 Å². The summed E-state index contributed by atoms with van der Waals surface area (Å²) in [4.78, 5) is 20.0. The van der Waals surface area contributed by atoms with Crippen molar-refractivity contribution in [3.63, 3.8) is 0 Å². The standard InChI is InChI=1S/C18H26F3N5O/c1-3-11(2)24-16-14(15(22)27)10-23-17(26-16)25-13-6-4-12(5-7-13)8-9-18(19,20)21/h10,12-13H,2-9H2,1H3,(H2,22,27)(H2,23,24,25,26). The number of amides is 1. The second kappa shape index (κ2) is 9.05. The Morgan fingerprint density at radius 2 is 2.00 bits per heavy atom. The first kappa shape index (κ1) is 21.0. The average Bonchev–Trinajstić information content (AvgIpc) is 2.60. The van der Waals surface area contributed by atoms with E-state index >= 15 is 0 Å². The molecule has 1 aliphatic carbocycles. The van der Waals surface area contributed by atoms with E-state index in [0.717, 1.165) is 25.7 Å². The fraction of sp³-hybridized carbons (Fsp3) is 0.611. The van der Waals surface area contributed by atoms with E-state index in [1.54, 1.807) is 0 Å². The molecule has 1 saturated carbocycles. The molecule has 2 rings (SSSR count). The molecular formula is C18H26F3N5O. The molecule has 0 saturated heterocycles. The number of halogens is 3. The van der Waals surface area contributed by atoms with Gasteiger partial charge >= 0.3 is 6.18 Å². The van der Waals surface area contributed by atoms with Crippen LogP contribution in [0.1, 0.15) is 62.2 Å². The van der Waals surface area contributed by atoms with Gasteiger partial charge in [0.15, 0.2) is 0 Å². The Balaban J connectivity index is 1.95. The number of nitrogens with two attached hydrogens (primary N) is 1. The third-order valence-electron chi connectivity index (χ3n) is 4.79. The zero-order chi connectivity index (χ0) is 20.0. The zero-order valence-electron chi connectivity index (χ0n) is 15.4. The minimum absolute atomic E-state index is 0.0915. The number of allylic oxidation sites excluding steroid dienone is 1. The summed E-state index contributed by atoms with van der Waals surface area (Å²) in [5.74, 6) is 0.113. The molecule has 27 heavy (non-hydrogen) atoms. The second-order valence-corrected chi connectivity index (χ2v) is 6.92. The van der Waals surface area contributed by atoms with Gasteiger partial charge in [-0.15, -0.1) is 0 Å². The number of nitrogens with one attached hydrogen (secondary N) is 2. The van der Waals surface area contributed by atoms with E-state index in [9.17, 15) is 18.0 Å². The molecule has 0 aromatic carbocycles. The van der Waals surface area contributed by atoms with E-state index in [1.807, 2.05) is 6.92 Å². The van der Waals surface area contributed by atoms with E-state index in [-0.39, 0.29) is 23.9 Å². The Morgan fingerprint density at radius 3 is 2.56 bits per heavy atom. The molecule has 1 fully saturated rings. The third kappa shape index (κ3) is 6.73. The molecule has 1 aliphatic rings. The lowest BCUT2D eigenvalue weighted by molar-refractivity contribution is -0.138. The van der Waals surface area contributed by atoms with Crippen molar-refractivity contribution in [2.24, 2.45) is 11.7 Å². The lowest BCUT2D eigenvalue weighted by atomic mass is 9.83. The third-order valence-corrected chi connectivity index (χ3v) is 4.79. The van der Waals surface area contributed by atoms with E-state index in [1.165, 1.54) is 6.20 Å². The van der Waals surface area contributed by atoms with Crippen LogP contribution in [0.2, 0.25) is 0 Å². The highest BCUT2D eigenvalue weighted by molar-refractivity contribution is 5.97. The van der Waals surface area contributed by atoms with E-state index in [2.05, 4.69) is 27.2 Å². The van der Waals surface area contributed by atoms with E-state index in [0.29, 0.717) is 23.9 Å². The van der Waals surface area contributed by atoms with Gasteiger partial charge in [0.25, 0.3) is 5.91 Å². The lowest BCUT2D eigenvalue weighted by Crippen LogP contribution is -2.28. The van der Waals surface area contributed by atoms with Gasteiger partial charge in [0.05, 0.1) is 0 Å². The summed E-state index contributed by atoms with van der Waals surface area (Å²) in [5, 5.41) is 6.17. The van der Waals surface area contributed by atoms with Crippen molar-refractivity contribution in [1.29, 1.82) is 0 Å². The molecule has 0 spiro atoms. The molecule has 0 radical (unpaired) electrons. The van der Waals surface area contributed by atoms with Gasteiger partial charge in [0.1, 0.15) is 11.4 Å². The smallest absolute Gasteiger partial charge is 0.365 e. The van der Waals surface area contributed by atoms with Crippen molar-refractivity contribution in [3.8, 4) is 0 Å². The van der Waals surface area contributed by atoms with Gasteiger partial charge in [0, 0.05) is 24.4 Å². The topological polar surface area (TPSA) is 92.9 Å². The number of rotatable bonds is 8. The Kier molecular flexibility index (Phi) is 7.04. The minimum atomic E-state index is -4.09. The summed E-state index contributed by atoms with van der Waals surface area (Å²) in [7, 11) is 0. The van der Waals surface area contributed by atoms with Crippen molar-refractivity contribution in [2.75, 3.05) is 10.6 Å². The Bertz CT molecular complexity index is 669. The maximum absolute atomic E-state index is 12.3. The second-order valence-electron chi connectivity index (χ2n) is 6.92. The van der Waals surface area contributed by atoms with Gasteiger partial charge in [-0.2, -0.15) is 18.2 Å². The largest absolute Gasteiger partial charge is 0.389 e. The van der Waals surface area contributed by atoms with Gasteiger partial charge in [-0.05, 0) is 44.4 Å². The summed E-state index contributed by atoms with van der Waals surface area (Å²) in [5.41, 5.74) is 6.21. The van der Waals surface area contributed by atoms with Crippen molar-refractivity contribution < 1.29 is 18.0 Å². The molecule has 0 unspecified atom stereocenters. The summed E-state index contributed by atoms with van der Waals surface area (Å²) in [6.07, 6.45) is 0.399. The Hall–Kier alpha value is -2.32. The van der Waals surface area contributed by atoms with E-state index in [4.69, 9.17) is 5.73 Å². The van der Waals surface area contributed by atoms with Crippen LogP contribution < -0.4 is 16.4 Å². The average molecular weight is 385 g/mol. The van der Waals surface area contributed by atoms with E-state index < -0.39 is 18.5 Å². The van der Waals surface area contributed by atoms with Crippen LogP contribution in [0.5, 0.6) is 0 Å². The first-order chi connectivity index (χ1) is 12.7. The Morgan fingerprint density at radius 1 is 1.33 bits per heavy atom. The van der Waals surface area contributed by atoms with Crippen molar-refractivity contribution in [1.82, 2.24) is 9.97 Å². The molecule has 4 N–H and O–H groups in total. The number of alkyl halides is 3. The highest BCUT2D eigenvalue weighted by Crippen LogP contribution is 2.33. The van der Waals surface area contributed by atoms with Crippen LogP contribution in [0.3, 0.4) is 0 Å². The van der Waals surface area contributed by atoms with Crippen LogP contribution in [0.25, 0.3) is 0 Å². The quantitative estimate of drug-likeness (QED) is 0.623. The number of primary amides is 1. The maximum Gasteiger partial charge on any atom is 0.389 e. The zero-order valence-corrected chi connectivity index (χ0v) is 15.4. The highest BCUT2D eigenvalue weighted by Gasteiger charge is 2.30. The molecular weight excluding hydrogens is 359 g/mol. The molecule has 0 atom stereocenters. The van der Waals surface area contributed by atoms with Crippen LogP contribution in [0.15, 0.2) is 18.5 Å². The number of hydrogen-bond acceptors (Lipinski definition) is 5. The van der Waals surface area contributed by atoms with Crippen LogP contribution in [-0.2, 0) is 0 Å². The highest BCUT2D eigenvalue weighted by atomic mass is 19.4. The number of anilines is 2. The molecule has 1 aromatic heterocycles. The summed E-state index contributed by atoms with van der Waals surface area (Å²) in [6, 6.07) is 0.0915. The number of aromatic nitrogens is 2. The predicted molar refractivity (Wildman–Crippen MR) is 98.3 cm³/mol.